The van der Waals surface area contributed by atoms with Crippen LogP contribution in [0.4, 0.5) is 0 Å². The third-order valence-corrected chi connectivity index (χ3v) is 6.60. The molecule has 2 aliphatic heterocycles. The summed E-state index contributed by atoms with van der Waals surface area (Å²) in [6, 6.07) is 6.49. The molecular formula is C16H23ClN2O3S. The summed E-state index contributed by atoms with van der Waals surface area (Å²) in [7, 11) is -3.47. The van der Waals surface area contributed by atoms with Crippen LogP contribution in [0.2, 0.25) is 5.02 Å². The molecule has 1 aromatic rings. The number of hydrogen-bond acceptors (Lipinski definition) is 4. The summed E-state index contributed by atoms with van der Waals surface area (Å²) in [6.07, 6.45) is 3.40. The molecule has 0 unspecified atom stereocenters. The number of benzene rings is 1. The maximum Gasteiger partial charge on any atom is 0.243 e. The van der Waals surface area contributed by atoms with Gasteiger partial charge < -0.3 is 4.74 Å². The van der Waals surface area contributed by atoms with Gasteiger partial charge in [0.2, 0.25) is 10.0 Å². The van der Waals surface area contributed by atoms with E-state index in [1.807, 2.05) is 0 Å². The molecule has 1 atom stereocenters. The second-order valence-electron chi connectivity index (χ2n) is 6.15. The molecule has 2 heterocycles. The Morgan fingerprint density at radius 3 is 2.78 bits per heavy atom. The summed E-state index contributed by atoms with van der Waals surface area (Å²) in [5.74, 6) is 0. The van der Waals surface area contributed by atoms with E-state index in [2.05, 4.69) is 4.90 Å². The molecule has 0 saturated carbocycles. The third kappa shape index (κ3) is 4.25. The Kier molecular flexibility index (Phi) is 5.59. The van der Waals surface area contributed by atoms with Crippen molar-refractivity contribution in [1.82, 2.24) is 9.21 Å². The fourth-order valence-corrected chi connectivity index (χ4v) is 4.99. The van der Waals surface area contributed by atoms with Gasteiger partial charge in [0.1, 0.15) is 0 Å². The van der Waals surface area contributed by atoms with Crippen LogP contribution in [0, 0.1) is 0 Å². The van der Waals surface area contributed by atoms with Crippen LogP contribution in [-0.2, 0) is 14.8 Å². The van der Waals surface area contributed by atoms with Crippen LogP contribution in [0.1, 0.15) is 19.3 Å². The second-order valence-corrected chi connectivity index (χ2v) is 8.53. The normalized spacial score (nSPS) is 24.7. The zero-order chi connectivity index (χ0) is 16.3. The van der Waals surface area contributed by atoms with Crippen molar-refractivity contribution in [2.45, 2.75) is 30.3 Å². The molecule has 1 aromatic carbocycles. The first kappa shape index (κ1) is 17.2. The number of sulfonamides is 1. The van der Waals surface area contributed by atoms with E-state index in [0.717, 1.165) is 45.5 Å². The number of nitrogens with zero attached hydrogens (tertiary/aromatic N) is 2. The van der Waals surface area contributed by atoms with Crippen molar-refractivity contribution in [2.24, 2.45) is 0 Å². The van der Waals surface area contributed by atoms with Crippen molar-refractivity contribution < 1.29 is 13.2 Å². The van der Waals surface area contributed by atoms with E-state index in [9.17, 15) is 8.42 Å². The minimum Gasteiger partial charge on any atom is -0.377 e. The van der Waals surface area contributed by atoms with Crippen molar-refractivity contribution in [3.8, 4) is 0 Å². The van der Waals surface area contributed by atoms with E-state index in [0.29, 0.717) is 24.2 Å². The summed E-state index contributed by atoms with van der Waals surface area (Å²) in [6.45, 7) is 4.50. The van der Waals surface area contributed by atoms with Gasteiger partial charge in [-0.1, -0.05) is 17.7 Å². The highest BCUT2D eigenvalue weighted by Gasteiger charge is 2.28. The van der Waals surface area contributed by atoms with Crippen LogP contribution in [0.5, 0.6) is 0 Å². The zero-order valence-corrected chi connectivity index (χ0v) is 14.7. The zero-order valence-electron chi connectivity index (χ0n) is 13.2. The molecule has 2 fully saturated rings. The molecule has 0 bridgehead atoms. The van der Waals surface area contributed by atoms with Crippen LogP contribution in [0.3, 0.4) is 0 Å². The van der Waals surface area contributed by atoms with Crippen LogP contribution < -0.4 is 0 Å². The minimum atomic E-state index is -3.47. The number of halogens is 1. The first-order chi connectivity index (χ1) is 11.1. The van der Waals surface area contributed by atoms with Gasteiger partial charge in [0.15, 0.2) is 0 Å². The largest absolute Gasteiger partial charge is 0.377 e. The van der Waals surface area contributed by atoms with Gasteiger partial charge >= 0.3 is 0 Å². The molecule has 0 amide bonds. The molecule has 2 saturated heterocycles. The quantitative estimate of drug-likeness (QED) is 0.828. The molecule has 0 aliphatic carbocycles. The van der Waals surface area contributed by atoms with E-state index in [4.69, 9.17) is 16.3 Å². The summed E-state index contributed by atoms with van der Waals surface area (Å²) >= 11 is 5.94. The van der Waals surface area contributed by atoms with E-state index in [-0.39, 0.29) is 4.90 Å². The summed E-state index contributed by atoms with van der Waals surface area (Å²) < 4.78 is 32.8. The lowest BCUT2D eigenvalue weighted by Gasteiger charge is -2.24. The monoisotopic (exact) mass is 358 g/mol. The maximum absolute atomic E-state index is 12.8. The molecular weight excluding hydrogens is 336 g/mol. The van der Waals surface area contributed by atoms with E-state index in [1.165, 1.54) is 6.07 Å². The van der Waals surface area contributed by atoms with E-state index < -0.39 is 10.0 Å². The van der Waals surface area contributed by atoms with Crippen LogP contribution in [0.25, 0.3) is 0 Å². The van der Waals surface area contributed by atoms with Crippen LogP contribution >= 0.6 is 11.6 Å². The average molecular weight is 359 g/mol. The summed E-state index contributed by atoms with van der Waals surface area (Å²) in [5.41, 5.74) is 0. The Hall–Kier alpha value is -0.660. The Bertz CT molecular complexity index is 632. The smallest absolute Gasteiger partial charge is 0.243 e. The Balaban J connectivity index is 1.64. The SMILES string of the molecule is O=S(=O)(c1cccc(Cl)c1)N1CCCN(C[C@H]2CCCO2)CC1. The Morgan fingerprint density at radius 2 is 2.04 bits per heavy atom. The van der Waals surface area contributed by atoms with Gasteiger partial charge in [0.05, 0.1) is 11.0 Å². The van der Waals surface area contributed by atoms with Gasteiger partial charge in [-0.15, -0.1) is 0 Å². The van der Waals surface area contributed by atoms with Gasteiger partial charge in [0.25, 0.3) is 0 Å². The second kappa shape index (κ2) is 7.49. The highest BCUT2D eigenvalue weighted by Crippen LogP contribution is 2.21. The molecule has 2 aliphatic rings. The van der Waals surface area contributed by atoms with Gasteiger partial charge in [-0.25, -0.2) is 8.42 Å². The molecule has 0 radical (unpaired) electrons. The number of rotatable bonds is 4. The van der Waals surface area contributed by atoms with E-state index in [1.54, 1.807) is 22.5 Å². The standard InChI is InChI=1S/C16H23ClN2O3S/c17-14-4-1-6-16(12-14)23(20,21)19-8-3-7-18(9-10-19)13-15-5-2-11-22-15/h1,4,6,12,15H,2-3,5,7-11,13H2/t15-/m1/s1. The van der Waals surface area contributed by atoms with Crippen LogP contribution in [-0.4, -0.2) is 63.1 Å². The fraction of sp³-hybridized carbons (Fsp3) is 0.625. The number of hydrogen-bond donors (Lipinski definition) is 0. The minimum absolute atomic E-state index is 0.276. The molecule has 5 nitrogen and oxygen atoms in total. The predicted octanol–water partition coefficient (Wildman–Crippen LogP) is 2.22. The van der Waals surface area contributed by atoms with Gasteiger partial charge in [0, 0.05) is 37.8 Å². The van der Waals surface area contributed by atoms with Gasteiger partial charge in [-0.05, 0) is 44.0 Å². The molecule has 0 aromatic heterocycles. The van der Waals surface area contributed by atoms with Crippen molar-refractivity contribution >= 4 is 21.6 Å². The van der Waals surface area contributed by atoms with Gasteiger partial charge in [-0.3, -0.25) is 4.90 Å². The lowest BCUT2D eigenvalue weighted by Crippen LogP contribution is -2.37. The molecule has 0 N–H and O–H groups in total. The molecule has 0 spiro atoms. The summed E-state index contributed by atoms with van der Waals surface area (Å²) in [4.78, 5) is 2.60. The van der Waals surface area contributed by atoms with Crippen LogP contribution in [0.15, 0.2) is 29.2 Å². The Labute approximate surface area is 143 Å². The highest BCUT2D eigenvalue weighted by atomic mass is 35.5. The van der Waals surface area contributed by atoms with Crippen molar-refractivity contribution in [2.75, 3.05) is 39.3 Å². The molecule has 23 heavy (non-hydrogen) atoms. The molecule has 128 valence electrons. The molecule has 3 rings (SSSR count). The number of ether oxygens (including phenoxy) is 1. The van der Waals surface area contributed by atoms with Crippen molar-refractivity contribution in [3.05, 3.63) is 29.3 Å². The topological polar surface area (TPSA) is 49.9 Å². The predicted molar refractivity (Wildman–Crippen MR) is 90.2 cm³/mol. The summed E-state index contributed by atoms with van der Waals surface area (Å²) in [5, 5.41) is 0.445. The Morgan fingerprint density at radius 1 is 1.17 bits per heavy atom. The maximum atomic E-state index is 12.8. The first-order valence-electron chi connectivity index (χ1n) is 8.15. The molecule has 7 heteroatoms. The average Bonchev–Trinajstić information content (AvgIpc) is 2.91. The van der Waals surface area contributed by atoms with Gasteiger partial charge in [-0.2, -0.15) is 4.31 Å². The lowest BCUT2D eigenvalue weighted by molar-refractivity contribution is 0.0749. The fourth-order valence-electron chi connectivity index (χ4n) is 3.22. The van der Waals surface area contributed by atoms with E-state index >= 15 is 0 Å². The highest BCUT2D eigenvalue weighted by molar-refractivity contribution is 7.89. The third-order valence-electron chi connectivity index (χ3n) is 4.47. The first-order valence-corrected chi connectivity index (χ1v) is 9.97. The van der Waals surface area contributed by atoms with Crippen molar-refractivity contribution in [3.63, 3.8) is 0 Å². The van der Waals surface area contributed by atoms with Crippen molar-refractivity contribution in [1.29, 1.82) is 0 Å². The lowest BCUT2D eigenvalue weighted by atomic mass is 10.2.